The number of hydrogen-bond acceptors (Lipinski definition) is 5. The van der Waals surface area contributed by atoms with E-state index in [0.29, 0.717) is 5.69 Å². The van der Waals surface area contributed by atoms with E-state index >= 15 is 0 Å². The summed E-state index contributed by atoms with van der Waals surface area (Å²) in [5.74, 6) is -0.899. The molecule has 0 aromatic heterocycles. The first-order chi connectivity index (χ1) is 13.5. The summed E-state index contributed by atoms with van der Waals surface area (Å²) in [5.41, 5.74) is 1.63. The van der Waals surface area contributed by atoms with E-state index in [9.17, 15) is 14.3 Å². The first kappa shape index (κ1) is 19.9. The Kier molecular flexibility index (Phi) is 4.49. The number of nitrogens with zero attached hydrogens (tertiary/aromatic N) is 1. The van der Waals surface area contributed by atoms with Crippen LogP contribution >= 0.6 is 0 Å². The van der Waals surface area contributed by atoms with Gasteiger partial charge in [-0.1, -0.05) is 12.1 Å². The lowest BCUT2D eigenvalue weighted by molar-refractivity contribution is 0.00578. The number of carbonyl (C=O) groups is 1. The topological polar surface area (TPSA) is 71.0 Å². The lowest BCUT2D eigenvalue weighted by atomic mass is 9.75. The number of aliphatic hydroxyl groups is 1. The largest absolute Gasteiger partial charge is 0.495 e. The highest BCUT2D eigenvalue weighted by Crippen LogP contribution is 2.37. The lowest BCUT2D eigenvalue weighted by Gasteiger charge is -2.35. The number of aliphatic hydroxyl groups excluding tert-OH is 1. The Morgan fingerprint density at radius 2 is 1.79 bits per heavy atom. The molecule has 2 heterocycles. The van der Waals surface area contributed by atoms with E-state index in [0.717, 1.165) is 11.0 Å². The SMILES string of the molecule is Cc1c(B2OC(C)(C)C(C)(C)O2)cccc1N1C(=O)c2ccc(F)cc2NC1O. The normalized spacial score (nSPS) is 22.4. The minimum atomic E-state index is -1.33. The van der Waals surface area contributed by atoms with E-state index < -0.39 is 36.4 Å². The molecule has 1 saturated heterocycles. The molecule has 0 bridgehead atoms. The maximum Gasteiger partial charge on any atom is 0.495 e. The van der Waals surface area contributed by atoms with Crippen LogP contribution in [-0.2, 0) is 9.31 Å². The molecular formula is C21H24BFN2O4. The molecule has 1 fully saturated rings. The predicted octanol–water partition coefficient (Wildman–Crippen LogP) is 2.78. The molecule has 0 saturated carbocycles. The molecule has 8 heteroatoms. The summed E-state index contributed by atoms with van der Waals surface area (Å²) in [5, 5.41) is 13.4. The fraction of sp³-hybridized carbons (Fsp3) is 0.381. The van der Waals surface area contributed by atoms with Gasteiger partial charge in [0.25, 0.3) is 5.91 Å². The Bertz CT molecular complexity index is 979. The quantitative estimate of drug-likeness (QED) is 0.762. The molecule has 0 spiro atoms. The summed E-state index contributed by atoms with van der Waals surface area (Å²) in [6.07, 6.45) is -1.33. The highest BCUT2D eigenvalue weighted by Gasteiger charge is 2.52. The number of amides is 1. The van der Waals surface area contributed by atoms with Crippen LogP contribution in [0.15, 0.2) is 36.4 Å². The number of fused-ring (bicyclic) bond motifs is 1. The Morgan fingerprint density at radius 3 is 2.45 bits per heavy atom. The number of nitrogens with one attached hydrogen (secondary N) is 1. The molecule has 2 aliphatic heterocycles. The fourth-order valence-electron chi connectivity index (χ4n) is 3.64. The van der Waals surface area contributed by atoms with Crippen molar-refractivity contribution in [2.45, 2.75) is 52.2 Å². The van der Waals surface area contributed by atoms with Crippen LogP contribution in [-0.4, -0.2) is 35.7 Å². The van der Waals surface area contributed by atoms with Gasteiger partial charge >= 0.3 is 7.12 Å². The third kappa shape index (κ3) is 3.12. The van der Waals surface area contributed by atoms with Crippen LogP contribution in [0.2, 0.25) is 0 Å². The van der Waals surface area contributed by atoms with Crippen molar-refractivity contribution < 1.29 is 23.6 Å². The number of hydrogen-bond donors (Lipinski definition) is 2. The summed E-state index contributed by atoms with van der Waals surface area (Å²) >= 11 is 0. The zero-order valence-corrected chi connectivity index (χ0v) is 17.1. The molecule has 152 valence electrons. The van der Waals surface area contributed by atoms with E-state index in [1.165, 1.54) is 23.1 Å². The van der Waals surface area contributed by atoms with Gasteiger partial charge in [0.05, 0.1) is 28.1 Å². The van der Waals surface area contributed by atoms with Crippen LogP contribution in [0.3, 0.4) is 0 Å². The van der Waals surface area contributed by atoms with Crippen LogP contribution in [0.25, 0.3) is 0 Å². The molecule has 2 aliphatic rings. The molecule has 2 aromatic rings. The van der Waals surface area contributed by atoms with Crippen molar-refractivity contribution in [1.82, 2.24) is 0 Å². The maximum atomic E-state index is 13.5. The average molecular weight is 398 g/mol. The first-order valence-electron chi connectivity index (χ1n) is 9.55. The van der Waals surface area contributed by atoms with E-state index in [1.54, 1.807) is 12.1 Å². The summed E-state index contributed by atoms with van der Waals surface area (Å²) in [6.45, 7) is 9.76. The highest BCUT2D eigenvalue weighted by atomic mass is 19.1. The van der Waals surface area contributed by atoms with Gasteiger partial charge in [-0.2, -0.15) is 0 Å². The van der Waals surface area contributed by atoms with Gasteiger partial charge in [0.2, 0.25) is 6.35 Å². The van der Waals surface area contributed by atoms with Gasteiger partial charge in [-0.3, -0.25) is 9.69 Å². The van der Waals surface area contributed by atoms with Crippen molar-refractivity contribution in [3.63, 3.8) is 0 Å². The summed E-state index contributed by atoms with van der Waals surface area (Å²) in [4.78, 5) is 14.3. The summed E-state index contributed by atoms with van der Waals surface area (Å²) in [7, 11) is -0.591. The second-order valence-electron chi connectivity index (χ2n) is 8.46. The minimum Gasteiger partial charge on any atom is -0.399 e. The third-order valence-electron chi connectivity index (χ3n) is 6.07. The molecule has 4 rings (SSSR count). The number of halogens is 1. The van der Waals surface area contributed by atoms with Crippen LogP contribution < -0.4 is 15.7 Å². The molecule has 2 N–H and O–H groups in total. The Morgan fingerprint density at radius 1 is 1.14 bits per heavy atom. The first-order valence-corrected chi connectivity index (χ1v) is 9.55. The molecule has 2 aromatic carbocycles. The zero-order valence-electron chi connectivity index (χ0n) is 17.1. The smallest absolute Gasteiger partial charge is 0.399 e. The average Bonchev–Trinajstić information content (AvgIpc) is 2.83. The van der Waals surface area contributed by atoms with Gasteiger partial charge in [-0.25, -0.2) is 4.39 Å². The Balaban J connectivity index is 1.73. The number of rotatable bonds is 2. The van der Waals surface area contributed by atoms with E-state index in [4.69, 9.17) is 9.31 Å². The van der Waals surface area contributed by atoms with Crippen LogP contribution in [0.4, 0.5) is 15.8 Å². The number of carbonyl (C=O) groups excluding carboxylic acids is 1. The van der Waals surface area contributed by atoms with Crippen molar-refractivity contribution in [3.05, 3.63) is 53.3 Å². The molecule has 29 heavy (non-hydrogen) atoms. The molecule has 1 amide bonds. The Labute approximate surface area is 169 Å². The highest BCUT2D eigenvalue weighted by molar-refractivity contribution is 6.62. The molecule has 0 radical (unpaired) electrons. The fourth-order valence-corrected chi connectivity index (χ4v) is 3.64. The second-order valence-corrected chi connectivity index (χ2v) is 8.46. The monoisotopic (exact) mass is 398 g/mol. The van der Waals surface area contributed by atoms with Crippen LogP contribution in [0.1, 0.15) is 43.6 Å². The molecule has 1 unspecified atom stereocenters. The van der Waals surface area contributed by atoms with Crippen molar-refractivity contribution in [2.75, 3.05) is 10.2 Å². The molecule has 1 atom stereocenters. The van der Waals surface area contributed by atoms with E-state index in [2.05, 4.69) is 5.32 Å². The number of anilines is 2. The third-order valence-corrected chi connectivity index (χ3v) is 6.07. The van der Waals surface area contributed by atoms with E-state index in [1.807, 2.05) is 40.7 Å². The van der Waals surface area contributed by atoms with Gasteiger partial charge < -0.3 is 19.7 Å². The van der Waals surface area contributed by atoms with Crippen molar-refractivity contribution in [2.24, 2.45) is 0 Å². The molecule has 6 nitrogen and oxygen atoms in total. The van der Waals surface area contributed by atoms with Gasteiger partial charge in [0.15, 0.2) is 0 Å². The van der Waals surface area contributed by atoms with Gasteiger partial charge in [0.1, 0.15) is 5.82 Å². The van der Waals surface area contributed by atoms with Gasteiger partial charge in [0, 0.05) is 0 Å². The van der Waals surface area contributed by atoms with Crippen LogP contribution in [0.5, 0.6) is 0 Å². The Hall–Kier alpha value is -2.42. The van der Waals surface area contributed by atoms with E-state index in [-0.39, 0.29) is 11.3 Å². The summed E-state index contributed by atoms with van der Waals surface area (Å²) < 4.78 is 25.8. The van der Waals surface area contributed by atoms with Crippen LogP contribution in [0, 0.1) is 12.7 Å². The van der Waals surface area contributed by atoms with Crippen molar-refractivity contribution >= 4 is 29.9 Å². The number of benzene rings is 2. The standard InChI is InChI=1S/C21H24BFN2O4/c1-12-15(22-28-20(2,3)21(4,5)29-22)7-6-8-17(12)25-18(26)14-10-9-13(23)11-16(14)24-19(25)27/h6-11,19,24,27H,1-5H3. The summed E-state index contributed by atoms with van der Waals surface area (Å²) in [6, 6.07) is 9.26. The minimum absolute atomic E-state index is 0.263. The molecular weight excluding hydrogens is 374 g/mol. The van der Waals surface area contributed by atoms with Gasteiger partial charge in [-0.15, -0.1) is 0 Å². The van der Waals surface area contributed by atoms with Crippen molar-refractivity contribution in [1.29, 1.82) is 0 Å². The molecule has 0 aliphatic carbocycles. The van der Waals surface area contributed by atoms with Gasteiger partial charge in [-0.05, 0) is 69.9 Å². The van der Waals surface area contributed by atoms with Crippen molar-refractivity contribution in [3.8, 4) is 0 Å². The zero-order chi connectivity index (χ0) is 21.1. The lowest BCUT2D eigenvalue weighted by Crippen LogP contribution is -2.50. The maximum absolute atomic E-state index is 13.5. The predicted molar refractivity (Wildman–Crippen MR) is 110 cm³/mol. The second kappa shape index (κ2) is 6.55.